The Morgan fingerprint density at radius 1 is 1.14 bits per heavy atom. The van der Waals surface area contributed by atoms with Crippen molar-refractivity contribution in [2.45, 2.75) is 13.2 Å². The second-order valence-electron chi connectivity index (χ2n) is 4.25. The van der Waals surface area contributed by atoms with Gasteiger partial charge >= 0.3 is 0 Å². The first-order valence-electron chi connectivity index (χ1n) is 6.05. The molecule has 1 aromatic carbocycles. The summed E-state index contributed by atoms with van der Waals surface area (Å²) in [5.41, 5.74) is 1.17. The van der Waals surface area contributed by atoms with E-state index >= 15 is 0 Å². The highest BCUT2D eigenvalue weighted by atomic mass is 32.1. The molecule has 3 aromatic rings. The minimum atomic E-state index is -0.957. The molecule has 0 amide bonds. The summed E-state index contributed by atoms with van der Waals surface area (Å²) in [7, 11) is 0. The summed E-state index contributed by atoms with van der Waals surface area (Å²) in [4.78, 5) is 12.4. The van der Waals surface area contributed by atoms with Gasteiger partial charge in [0.15, 0.2) is 11.6 Å². The molecule has 0 fully saturated rings. The number of hydrogen-bond acceptors (Lipinski definition) is 6. The SMILES string of the molecule is OCc1csc(CNc2cnc3cc(F)c(F)cc3n2)n1. The highest BCUT2D eigenvalue weighted by molar-refractivity contribution is 7.09. The molecule has 2 N–H and O–H groups in total. The maximum Gasteiger partial charge on any atom is 0.161 e. The normalized spacial score (nSPS) is 11.0. The third kappa shape index (κ3) is 2.96. The zero-order valence-corrected chi connectivity index (χ0v) is 11.5. The fourth-order valence-electron chi connectivity index (χ4n) is 1.76. The number of nitrogens with zero attached hydrogens (tertiary/aromatic N) is 3. The number of thiazole rings is 1. The minimum Gasteiger partial charge on any atom is -0.390 e. The Balaban J connectivity index is 1.79. The number of aromatic nitrogens is 3. The van der Waals surface area contributed by atoms with Gasteiger partial charge in [0.2, 0.25) is 0 Å². The van der Waals surface area contributed by atoms with Gasteiger partial charge in [0.25, 0.3) is 0 Å². The number of rotatable bonds is 4. The van der Waals surface area contributed by atoms with Gasteiger partial charge in [0, 0.05) is 17.5 Å². The molecule has 0 spiro atoms. The van der Waals surface area contributed by atoms with Crippen LogP contribution < -0.4 is 5.32 Å². The molecule has 0 aliphatic rings. The van der Waals surface area contributed by atoms with Crippen molar-refractivity contribution in [2.24, 2.45) is 0 Å². The van der Waals surface area contributed by atoms with Crippen molar-refractivity contribution in [2.75, 3.05) is 5.32 Å². The van der Waals surface area contributed by atoms with Crippen molar-refractivity contribution in [3.05, 3.63) is 46.0 Å². The molecule has 5 nitrogen and oxygen atoms in total. The van der Waals surface area contributed by atoms with Crippen LogP contribution in [0.2, 0.25) is 0 Å². The molecule has 0 atom stereocenters. The summed E-state index contributed by atoms with van der Waals surface area (Å²) >= 11 is 1.41. The lowest BCUT2D eigenvalue weighted by atomic mass is 10.3. The minimum absolute atomic E-state index is 0.100. The molecule has 0 aliphatic carbocycles. The second kappa shape index (κ2) is 5.66. The zero-order valence-electron chi connectivity index (χ0n) is 10.7. The average molecular weight is 308 g/mol. The lowest BCUT2D eigenvalue weighted by Crippen LogP contribution is -2.02. The van der Waals surface area contributed by atoms with Crippen molar-refractivity contribution in [1.29, 1.82) is 0 Å². The van der Waals surface area contributed by atoms with Gasteiger partial charge in [-0.15, -0.1) is 11.3 Å². The van der Waals surface area contributed by atoms with E-state index in [0.717, 1.165) is 17.1 Å². The molecule has 3 rings (SSSR count). The molecule has 0 saturated carbocycles. The van der Waals surface area contributed by atoms with Crippen LogP contribution in [0.3, 0.4) is 0 Å². The summed E-state index contributed by atoms with van der Waals surface area (Å²) in [5, 5.41) is 14.5. The number of anilines is 1. The topological polar surface area (TPSA) is 70.9 Å². The Hall–Kier alpha value is -2.19. The van der Waals surface area contributed by atoms with E-state index in [2.05, 4.69) is 20.3 Å². The molecule has 0 unspecified atom stereocenters. The van der Waals surface area contributed by atoms with Gasteiger partial charge in [0.05, 0.1) is 36.1 Å². The molecule has 0 saturated heterocycles. The molecule has 21 heavy (non-hydrogen) atoms. The standard InChI is InChI=1S/C13H10F2N4OS/c14-8-1-10-11(2-9(8)15)19-12(3-16-10)17-4-13-18-7(5-20)6-21-13/h1-3,6,20H,4-5H2,(H,17,19). The van der Waals surface area contributed by atoms with Gasteiger partial charge in [-0.3, -0.25) is 4.98 Å². The van der Waals surface area contributed by atoms with Crippen LogP contribution in [-0.4, -0.2) is 20.1 Å². The zero-order chi connectivity index (χ0) is 14.8. The highest BCUT2D eigenvalue weighted by Crippen LogP contribution is 2.17. The van der Waals surface area contributed by atoms with E-state index in [1.165, 1.54) is 17.5 Å². The van der Waals surface area contributed by atoms with E-state index < -0.39 is 11.6 Å². The largest absolute Gasteiger partial charge is 0.390 e. The molecular weight excluding hydrogens is 298 g/mol. The third-order valence-corrected chi connectivity index (χ3v) is 3.66. The van der Waals surface area contributed by atoms with Crippen LogP contribution in [-0.2, 0) is 13.2 Å². The maximum atomic E-state index is 13.2. The molecule has 2 aromatic heterocycles. The van der Waals surface area contributed by atoms with Crippen molar-refractivity contribution >= 4 is 28.2 Å². The van der Waals surface area contributed by atoms with Gasteiger partial charge in [-0.2, -0.15) is 0 Å². The van der Waals surface area contributed by atoms with E-state index in [1.54, 1.807) is 5.38 Å². The summed E-state index contributed by atoms with van der Waals surface area (Å²) in [5.74, 6) is -1.47. The lowest BCUT2D eigenvalue weighted by Gasteiger charge is -2.04. The van der Waals surface area contributed by atoms with Crippen molar-refractivity contribution < 1.29 is 13.9 Å². The van der Waals surface area contributed by atoms with Crippen molar-refractivity contribution in [3.63, 3.8) is 0 Å². The Morgan fingerprint density at radius 2 is 1.90 bits per heavy atom. The Labute approximate surface area is 122 Å². The molecule has 0 radical (unpaired) electrons. The fraction of sp³-hybridized carbons (Fsp3) is 0.154. The summed E-state index contributed by atoms with van der Waals surface area (Å²) in [6.07, 6.45) is 1.44. The number of halogens is 2. The van der Waals surface area contributed by atoms with Crippen LogP contribution in [0.5, 0.6) is 0 Å². The Kier molecular flexibility index (Phi) is 3.72. The van der Waals surface area contributed by atoms with E-state index in [4.69, 9.17) is 5.11 Å². The van der Waals surface area contributed by atoms with E-state index in [1.807, 2.05) is 0 Å². The van der Waals surface area contributed by atoms with Crippen LogP contribution in [0.1, 0.15) is 10.7 Å². The van der Waals surface area contributed by atoms with Crippen LogP contribution >= 0.6 is 11.3 Å². The predicted molar refractivity (Wildman–Crippen MR) is 74.8 cm³/mol. The Morgan fingerprint density at radius 3 is 2.62 bits per heavy atom. The quantitative estimate of drug-likeness (QED) is 0.775. The number of fused-ring (bicyclic) bond motifs is 1. The highest BCUT2D eigenvalue weighted by Gasteiger charge is 2.07. The summed E-state index contributed by atoms with van der Waals surface area (Å²) in [6, 6.07) is 2.02. The average Bonchev–Trinajstić information content (AvgIpc) is 2.94. The predicted octanol–water partition coefficient (Wildman–Crippen LogP) is 2.47. The van der Waals surface area contributed by atoms with Crippen molar-refractivity contribution in [1.82, 2.24) is 15.0 Å². The van der Waals surface area contributed by atoms with Gasteiger partial charge in [-0.1, -0.05) is 0 Å². The van der Waals surface area contributed by atoms with Crippen LogP contribution in [0, 0.1) is 11.6 Å². The first-order valence-corrected chi connectivity index (χ1v) is 6.93. The smallest absolute Gasteiger partial charge is 0.161 e. The molecule has 0 bridgehead atoms. The van der Waals surface area contributed by atoms with E-state index in [0.29, 0.717) is 18.1 Å². The van der Waals surface area contributed by atoms with Gasteiger partial charge < -0.3 is 10.4 Å². The molecule has 2 heterocycles. The first-order chi connectivity index (χ1) is 10.2. The monoisotopic (exact) mass is 308 g/mol. The molecule has 108 valence electrons. The fourth-order valence-corrected chi connectivity index (χ4v) is 2.49. The van der Waals surface area contributed by atoms with Crippen LogP contribution in [0.4, 0.5) is 14.6 Å². The van der Waals surface area contributed by atoms with Crippen molar-refractivity contribution in [3.8, 4) is 0 Å². The Bertz CT molecular complexity index is 793. The van der Waals surface area contributed by atoms with E-state index in [-0.39, 0.29) is 17.6 Å². The number of aliphatic hydroxyl groups is 1. The number of aliphatic hydroxyl groups excluding tert-OH is 1. The first kappa shape index (κ1) is 13.8. The number of benzene rings is 1. The van der Waals surface area contributed by atoms with Crippen LogP contribution in [0.25, 0.3) is 11.0 Å². The van der Waals surface area contributed by atoms with E-state index in [9.17, 15) is 8.78 Å². The molecule has 8 heteroatoms. The second-order valence-corrected chi connectivity index (χ2v) is 5.20. The maximum absolute atomic E-state index is 13.2. The van der Waals surface area contributed by atoms with Crippen LogP contribution in [0.15, 0.2) is 23.7 Å². The van der Waals surface area contributed by atoms with Gasteiger partial charge in [-0.05, 0) is 0 Å². The number of hydrogen-bond donors (Lipinski definition) is 2. The lowest BCUT2D eigenvalue weighted by molar-refractivity contribution is 0.277. The third-order valence-electron chi connectivity index (χ3n) is 2.77. The molecular formula is C13H10F2N4OS. The molecule has 0 aliphatic heterocycles. The van der Waals surface area contributed by atoms with Gasteiger partial charge in [-0.25, -0.2) is 18.7 Å². The summed E-state index contributed by atoms with van der Waals surface area (Å²) < 4.78 is 26.2. The summed E-state index contributed by atoms with van der Waals surface area (Å²) in [6.45, 7) is 0.311. The van der Waals surface area contributed by atoms with Gasteiger partial charge in [0.1, 0.15) is 10.8 Å². The number of nitrogens with one attached hydrogen (secondary N) is 1.